The number of thioether (sulfide) groups is 1. The van der Waals surface area contributed by atoms with Crippen molar-refractivity contribution in [1.82, 2.24) is 9.55 Å². The third-order valence-corrected chi connectivity index (χ3v) is 5.80. The van der Waals surface area contributed by atoms with E-state index in [1.54, 1.807) is 23.6 Å². The Morgan fingerprint density at radius 1 is 1.36 bits per heavy atom. The summed E-state index contributed by atoms with van der Waals surface area (Å²) < 4.78 is 15.3. The third kappa shape index (κ3) is 4.80. The number of aliphatic hydroxyl groups is 1. The maximum atomic E-state index is 13.6. The number of nitrogens with one attached hydrogen (secondary N) is 1. The van der Waals surface area contributed by atoms with E-state index < -0.39 is 0 Å². The second-order valence-corrected chi connectivity index (χ2v) is 7.83. The highest BCUT2D eigenvalue weighted by atomic mass is 32.2. The van der Waals surface area contributed by atoms with E-state index in [0.29, 0.717) is 29.2 Å². The first-order chi connectivity index (χ1) is 13.5. The minimum absolute atomic E-state index is 0.0253. The molecule has 0 radical (unpaired) electrons. The van der Waals surface area contributed by atoms with Gasteiger partial charge in [0.2, 0.25) is 5.91 Å². The SMILES string of the molecule is Cc1ccc(NC(=O)CSc2nc(=O)n(CCCO)c3c2CCCC3)cc1F. The van der Waals surface area contributed by atoms with E-state index >= 15 is 0 Å². The number of hydrogen-bond donors (Lipinski definition) is 2. The van der Waals surface area contributed by atoms with Crippen molar-refractivity contribution in [3.05, 3.63) is 51.3 Å². The van der Waals surface area contributed by atoms with Gasteiger partial charge in [-0.25, -0.2) is 9.18 Å². The molecule has 2 aromatic rings. The lowest BCUT2D eigenvalue weighted by Gasteiger charge is -2.22. The van der Waals surface area contributed by atoms with Crippen molar-refractivity contribution in [3.8, 4) is 0 Å². The normalized spacial score (nSPS) is 13.2. The van der Waals surface area contributed by atoms with Crippen molar-refractivity contribution in [2.24, 2.45) is 0 Å². The van der Waals surface area contributed by atoms with Crippen molar-refractivity contribution < 1.29 is 14.3 Å². The molecular formula is C20H24FN3O3S. The number of aliphatic hydroxyl groups excluding tert-OH is 1. The Hall–Kier alpha value is -2.19. The van der Waals surface area contributed by atoms with E-state index in [1.807, 2.05) is 0 Å². The van der Waals surface area contributed by atoms with Crippen LogP contribution in [0.1, 0.15) is 36.1 Å². The molecule has 0 bridgehead atoms. The van der Waals surface area contributed by atoms with Crippen molar-refractivity contribution >= 4 is 23.4 Å². The number of benzene rings is 1. The summed E-state index contributed by atoms with van der Waals surface area (Å²) in [5.41, 5.74) is 2.59. The molecule has 0 spiro atoms. The van der Waals surface area contributed by atoms with Gasteiger partial charge in [0.25, 0.3) is 0 Å². The number of carbonyl (C=O) groups excluding carboxylic acids is 1. The largest absolute Gasteiger partial charge is 0.396 e. The molecule has 1 heterocycles. The number of halogens is 1. The molecule has 3 rings (SSSR count). The van der Waals surface area contributed by atoms with Crippen molar-refractivity contribution in [2.75, 3.05) is 17.7 Å². The first kappa shape index (κ1) is 20.5. The Bertz CT molecular complexity index is 930. The van der Waals surface area contributed by atoms with E-state index in [0.717, 1.165) is 36.9 Å². The highest BCUT2D eigenvalue weighted by molar-refractivity contribution is 8.00. The van der Waals surface area contributed by atoms with Gasteiger partial charge in [-0.15, -0.1) is 0 Å². The van der Waals surface area contributed by atoms with Crippen LogP contribution in [0.4, 0.5) is 10.1 Å². The maximum absolute atomic E-state index is 13.6. The number of nitrogens with zero attached hydrogens (tertiary/aromatic N) is 2. The molecule has 1 aromatic carbocycles. The number of aryl methyl sites for hydroxylation is 1. The molecule has 1 aliphatic rings. The summed E-state index contributed by atoms with van der Waals surface area (Å²) in [7, 11) is 0. The second kappa shape index (κ2) is 9.34. The fourth-order valence-corrected chi connectivity index (χ4v) is 4.20. The Morgan fingerprint density at radius 2 is 2.14 bits per heavy atom. The predicted octanol–water partition coefficient (Wildman–Crippen LogP) is 2.68. The van der Waals surface area contributed by atoms with E-state index in [-0.39, 0.29) is 29.8 Å². The second-order valence-electron chi connectivity index (χ2n) is 6.86. The minimum atomic E-state index is -0.368. The van der Waals surface area contributed by atoms with Gasteiger partial charge in [-0.05, 0) is 56.7 Å². The lowest BCUT2D eigenvalue weighted by molar-refractivity contribution is -0.113. The molecule has 0 unspecified atom stereocenters. The highest BCUT2D eigenvalue weighted by Crippen LogP contribution is 2.28. The molecule has 0 fully saturated rings. The van der Waals surface area contributed by atoms with Crippen LogP contribution in [0.15, 0.2) is 28.0 Å². The number of aromatic nitrogens is 2. The fourth-order valence-electron chi connectivity index (χ4n) is 3.33. The van der Waals surface area contributed by atoms with Gasteiger partial charge in [0.15, 0.2) is 0 Å². The van der Waals surface area contributed by atoms with Crippen LogP contribution in [0.3, 0.4) is 0 Å². The Kier molecular flexibility index (Phi) is 6.85. The van der Waals surface area contributed by atoms with Gasteiger partial charge in [0.1, 0.15) is 10.8 Å². The summed E-state index contributed by atoms with van der Waals surface area (Å²) in [5.74, 6) is -0.550. The number of amides is 1. The van der Waals surface area contributed by atoms with Crippen LogP contribution in [0.2, 0.25) is 0 Å². The summed E-state index contributed by atoms with van der Waals surface area (Å²) in [5, 5.41) is 12.3. The van der Waals surface area contributed by atoms with Crippen molar-refractivity contribution in [2.45, 2.75) is 50.6 Å². The molecule has 0 saturated carbocycles. The van der Waals surface area contributed by atoms with Gasteiger partial charge in [0, 0.05) is 30.1 Å². The zero-order chi connectivity index (χ0) is 20.1. The van der Waals surface area contributed by atoms with Crippen LogP contribution in [-0.4, -0.2) is 32.9 Å². The predicted molar refractivity (Wildman–Crippen MR) is 107 cm³/mol. The summed E-state index contributed by atoms with van der Waals surface area (Å²) in [6, 6.07) is 4.56. The molecule has 1 amide bonds. The number of anilines is 1. The average Bonchev–Trinajstić information content (AvgIpc) is 2.68. The molecule has 8 heteroatoms. The van der Waals surface area contributed by atoms with Gasteiger partial charge < -0.3 is 10.4 Å². The van der Waals surface area contributed by atoms with Gasteiger partial charge in [-0.2, -0.15) is 4.98 Å². The van der Waals surface area contributed by atoms with Crippen LogP contribution in [0.5, 0.6) is 0 Å². The highest BCUT2D eigenvalue weighted by Gasteiger charge is 2.21. The number of hydrogen-bond acceptors (Lipinski definition) is 5. The lowest BCUT2D eigenvalue weighted by Crippen LogP contribution is -2.30. The number of carbonyl (C=O) groups is 1. The minimum Gasteiger partial charge on any atom is -0.396 e. The van der Waals surface area contributed by atoms with Crippen LogP contribution in [0, 0.1) is 12.7 Å². The summed E-state index contributed by atoms with van der Waals surface area (Å²) >= 11 is 1.24. The molecule has 1 aromatic heterocycles. The quantitative estimate of drug-likeness (QED) is 0.547. The van der Waals surface area contributed by atoms with Gasteiger partial charge in [-0.3, -0.25) is 9.36 Å². The molecule has 0 saturated heterocycles. The van der Waals surface area contributed by atoms with E-state index in [4.69, 9.17) is 5.11 Å². The molecular weight excluding hydrogens is 381 g/mol. The molecule has 0 atom stereocenters. The van der Waals surface area contributed by atoms with Gasteiger partial charge in [0.05, 0.1) is 5.75 Å². The molecule has 150 valence electrons. The summed E-state index contributed by atoms with van der Waals surface area (Å²) in [6.45, 7) is 2.14. The number of rotatable bonds is 7. The number of fused-ring (bicyclic) bond motifs is 1. The zero-order valence-electron chi connectivity index (χ0n) is 15.8. The zero-order valence-corrected chi connectivity index (χ0v) is 16.6. The van der Waals surface area contributed by atoms with E-state index in [2.05, 4.69) is 10.3 Å². The van der Waals surface area contributed by atoms with Crippen molar-refractivity contribution in [3.63, 3.8) is 0 Å². The molecule has 2 N–H and O–H groups in total. The monoisotopic (exact) mass is 405 g/mol. The first-order valence-corrected chi connectivity index (χ1v) is 10.4. The third-order valence-electron chi connectivity index (χ3n) is 4.79. The topological polar surface area (TPSA) is 84.2 Å². The summed E-state index contributed by atoms with van der Waals surface area (Å²) in [4.78, 5) is 28.9. The Morgan fingerprint density at radius 3 is 2.89 bits per heavy atom. The molecule has 28 heavy (non-hydrogen) atoms. The van der Waals surface area contributed by atoms with Gasteiger partial charge >= 0.3 is 5.69 Å². The standard InChI is InChI=1S/C20H24FN3O3S/c1-13-7-8-14(11-16(13)21)22-18(26)12-28-19-15-5-2-3-6-17(15)24(9-4-10-25)20(27)23-19/h7-8,11,25H,2-6,9-10,12H2,1H3,(H,22,26). The Balaban J connectivity index is 1.73. The maximum Gasteiger partial charge on any atom is 0.348 e. The van der Waals surface area contributed by atoms with Crippen LogP contribution >= 0.6 is 11.8 Å². The molecule has 6 nitrogen and oxygen atoms in total. The first-order valence-electron chi connectivity index (χ1n) is 9.42. The van der Waals surface area contributed by atoms with Crippen LogP contribution in [0.25, 0.3) is 0 Å². The van der Waals surface area contributed by atoms with E-state index in [1.165, 1.54) is 17.8 Å². The average molecular weight is 405 g/mol. The van der Waals surface area contributed by atoms with Crippen LogP contribution < -0.4 is 11.0 Å². The molecule has 0 aliphatic heterocycles. The smallest absolute Gasteiger partial charge is 0.348 e. The van der Waals surface area contributed by atoms with Crippen molar-refractivity contribution in [1.29, 1.82) is 0 Å². The molecule has 1 aliphatic carbocycles. The Labute approximate surface area is 167 Å². The van der Waals surface area contributed by atoms with Gasteiger partial charge in [-0.1, -0.05) is 17.8 Å². The van der Waals surface area contributed by atoms with Crippen LogP contribution in [-0.2, 0) is 24.2 Å². The lowest BCUT2D eigenvalue weighted by atomic mass is 9.97. The fraction of sp³-hybridized carbons (Fsp3) is 0.450. The summed E-state index contributed by atoms with van der Waals surface area (Å²) in [6.07, 6.45) is 4.18. The van der Waals surface area contributed by atoms with E-state index in [9.17, 15) is 14.0 Å².